The van der Waals surface area contributed by atoms with Crippen LogP contribution in [0.25, 0.3) is 0 Å². The van der Waals surface area contributed by atoms with Gasteiger partial charge in [-0.3, -0.25) is 5.10 Å². The number of H-pyrrole nitrogens is 1. The van der Waals surface area contributed by atoms with Gasteiger partial charge in [-0.1, -0.05) is 13.3 Å². The van der Waals surface area contributed by atoms with Gasteiger partial charge in [0.2, 0.25) is 0 Å². The van der Waals surface area contributed by atoms with Gasteiger partial charge in [0.05, 0.1) is 12.8 Å². The van der Waals surface area contributed by atoms with Gasteiger partial charge in [0.15, 0.2) is 11.9 Å². The van der Waals surface area contributed by atoms with Gasteiger partial charge in [-0.15, -0.1) is 0 Å². The molecule has 1 radical (unpaired) electrons. The van der Waals surface area contributed by atoms with Crippen molar-refractivity contribution in [3.05, 3.63) is 12.4 Å². The number of unbranched alkanes of at least 4 members (excludes halogenated alkanes) is 1. The summed E-state index contributed by atoms with van der Waals surface area (Å²) in [6.45, 7) is 2.88. The molecule has 0 aliphatic heterocycles. The van der Waals surface area contributed by atoms with Crippen LogP contribution >= 0.6 is 0 Å². The molecule has 0 aliphatic rings. The number of aromatic nitrogens is 2. The van der Waals surface area contributed by atoms with Crippen LogP contribution in [0.15, 0.2) is 6.20 Å². The average Bonchev–Trinajstić information content (AvgIpc) is 2.41. The fourth-order valence-corrected chi connectivity index (χ4v) is 0.611. The summed E-state index contributed by atoms with van der Waals surface area (Å²) < 4.78 is 5.24. The second-order valence-electron chi connectivity index (χ2n) is 2.06. The quantitative estimate of drug-likeness (QED) is 0.640. The second kappa shape index (κ2) is 3.93. The van der Waals surface area contributed by atoms with E-state index >= 15 is 0 Å². The lowest BCUT2D eigenvalue weighted by atomic mass is 10.4. The highest BCUT2D eigenvalue weighted by Crippen LogP contribution is 2.03. The van der Waals surface area contributed by atoms with Gasteiger partial charge >= 0.3 is 0 Å². The monoisotopic (exact) mass is 139 g/mol. The van der Waals surface area contributed by atoms with E-state index < -0.39 is 0 Å². The normalized spacial score (nSPS) is 9.70. The lowest BCUT2D eigenvalue weighted by Crippen LogP contribution is -1.94. The highest BCUT2D eigenvalue weighted by atomic mass is 16.5. The van der Waals surface area contributed by atoms with Crippen molar-refractivity contribution in [1.82, 2.24) is 10.2 Å². The molecular weight excluding hydrogens is 128 g/mol. The molecule has 1 rings (SSSR count). The zero-order valence-corrected chi connectivity index (χ0v) is 6.05. The third-order valence-electron chi connectivity index (χ3n) is 1.18. The van der Waals surface area contributed by atoms with Crippen LogP contribution in [0, 0.1) is 6.20 Å². The van der Waals surface area contributed by atoms with Gasteiger partial charge < -0.3 is 4.74 Å². The zero-order chi connectivity index (χ0) is 7.23. The third kappa shape index (κ3) is 2.09. The van der Waals surface area contributed by atoms with Crippen molar-refractivity contribution in [2.75, 3.05) is 6.61 Å². The number of ether oxygens (including phenoxy) is 1. The molecule has 0 amide bonds. The Bertz CT molecular complexity index is 160. The lowest BCUT2D eigenvalue weighted by molar-refractivity contribution is 0.309. The molecule has 1 aromatic rings. The first kappa shape index (κ1) is 7.12. The van der Waals surface area contributed by atoms with Crippen molar-refractivity contribution in [2.45, 2.75) is 19.8 Å². The first-order valence-electron chi connectivity index (χ1n) is 3.47. The summed E-state index contributed by atoms with van der Waals surface area (Å²) >= 11 is 0. The van der Waals surface area contributed by atoms with E-state index in [9.17, 15) is 0 Å². The minimum Gasteiger partial charge on any atom is -0.490 e. The highest BCUT2D eigenvalue weighted by molar-refractivity contribution is 5.07. The summed E-state index contributed by atoms with van der Waals surface area (Å²) in [4.78, 5) is 0. The second-order valence-corrected chi connectivity index (χ2v) is 2.06. The Balaban J connectivity index is 2.15. The Hall–Kier alpha value is -0.990. The molecule has 10 heavy (non-hydrogen) atoms. The first-order chi connectivity index (χ1) is 4.93. The van der Waals surface area contributed by atoms with Crippen molar-refractivity contribution in [3.63, 3.8) is 0 Å². The Labute approximate surface area is 60.4 Å². The smallest absolute Gasteiger partial charge is 0.166 e. The minimum absolute atomic E-state index is 0.702. The van der Waals surface area contributed by atoms with Crippen LogP contribution in [0.4, 0.5) is 0 Å². The average molecular weight is 139 g/mol. The van der Waals surface area contributed by atoms with E-state index in [2.05, 4.69) is 23.3 Å². The topological polar surface area (TPSA) is 37.9 Å². The fourth-order valence-electron chi connectivity index (χ4n) is 0.611. The minimum atomic E-state index is 0.702. The molecule has 0 fully saturated rings. The summed E-state index contributed by atoms with van der Waals surface area (Å²) in [5, 5.41) is 6.25. The van der Waals surface area contributed by atoms with Crippen LogP contribution in [0.5, 0.6) is 5.75 Å². The number of hydrogen-bond acceptors (Lipinski definition) is 2. The van der Waals surface area contributed by atoms with E-state index in [0.717, 1.165) is 19.4 Å². The van der Waals surface area contributed by atoms with Crippen molar-refractivity contribution in [3.8, 4) is 5.75 Å². The number of nitrogens with zero attached hydrogens (tertiary/aromatic N) is 1. The molecule has 0 atom stereocenters. The molecule has 3 heteroatoms. The van der Waals surface area contributed by atoms with E-state index in [0.29, 0.717) is 5.75 Å². The van der Waals surface area contributed by atoms with Crippen LogP contribution in [-0.2, 0) is 0 Å². The molecule has 0 aliphatic carbocycles. The molecule has 0 saturated carbocycles. The van der Waals surface area contributed by atoms with Crippen LogP contribution < -0.4 is 4.74 Å². The Kier molecular flexibility index (Phi) is 2.80. The molecule has 0 unspecified atom stereocenters. The van der Waals surface area contributed by atoms with Crippen molar-refractivity contribution >= 4 is 0 Å². The molecule has 3 nitrogen and oxygen atoms in total. The molecule has 0 bridgehead atoms. The van der Waals surface area contributed by atoms with Gasteiger partial charge in [-0.2, -0.15) is 5.10 Å². The van der Waals surface area contributed by atoms with Gasteiger partial charge in [-0.05, 0) is 6.42 Å². The molecular formula is C7H11N2O. The van der Waals surface area contributed by atoms with Gasteiger partial charge in [-0.25, -0.2) is 0 Å². The SMILES string of the molecule is CCCCOc1[c]n[nH]c1. The maximum atomic E-state index is 5.24. The summed E-state index contributed by atoms with van der Waals surface area (Å²) in [5.41, 5.74) is 0. The van der Waals surface area contributed by atoms with E-state index in [1.54, 1.807) is 6.20 Å². The highest BCUT2D eigenvalue weighted by Gasteiger charge is 1.91. The van der Waals surface area contributed by atoms with Gasteiger partial charge in [0, 0.05) is 0 Å². The Morgan fingerprint density at radius 3 is 3.30 bits per heavy atom. The standard InChI is InChI=1S/C7H11N2O/c1-2-3-4-10-7-5-8-9-6-7/h5H,2-4H2,1H3,(H,8,9). The molecule has 1 N–H and O–H groups in total. The lowest BCUT2D eigenvalue weighted by Gasteiger charge is -1.98. The summed E-state index contributed by atoms with van der Waals surface area (Å²) in [7, 11) is 0. The molecule has 55 valence electrons. The van der Waals surface area contributed by atoms with Crippen LogP contribution in [0.3, 0.4) is 0 Å². The fraction of sp³-hybridized carbons (Fsp3) is 0.571. The molecule has 0 spiro atoms. The number of rotatable bonds is 4. The zero-order valence-electron chi connectivity index (χ0n) is 6.05. The number of aromatic amines is 1. The molecule has 0 aromatic carbocycles. The molecule has 0 saturated heterocycles. The number of hydrogen-bond donors (Lipinski definition) is 1. The van der Waals surface area contributed by atoms with E-state index in [-0.39, 0.29) is 0 Å². The predicted octanol–water partition coefficient (Wildman–Crippen LogP) is 1.39. The van der Waals surface area contributed by atoms with Gasteiger partial charge in [0.25, 0.3) is 0 Å². The summed E-state index contributed by atoms with van der Waals surface area (Å²) in [6, 6.07) is 0. The summed E-state index contributed by atoms with van der Waals surface area (Å²) in [5.74, 6) is 0.702. The predicted molar refractivity (Wildman–Crippen MR) is 37.8 cm³/mol. The summed E-state index contributed by atoms with van der Waals surface area (Å²) in [6.07, 6.45) is 6.59. The Morgan fingerprint density at radius 2 is 2.70 bits per heavy atom. The maximum absolute atomic E-state index is 5.24. The van der Waals surface area contributed by atoms with Crippen LogP contribution in [0.1, 0.15) is 19.8 Å². The van der Waals surface area contributed by atoms with Crippen molar-refractivity contribution < 1.29 is 4.74 Å². The largest absolute Gasteiger partial charge is 0.490 e. The van der Waals surface area contributed by atoms with E-state index in [1.165, 1.54) is 0 Å². The molecule has 1 aromatic heterocycles. The van der Waals surface area contributed by atoms with Crippen molar-refractivity contribution in [1.29, 1.82) is 0 Å². The number of nitrogens with one attached hydrogen (secondary N) is 1. The van der Waals surface area contributed by atoms with E-state index in [1.807, 2.05) is 0 Å². The maximum Gasteiger partial charge on any atom is 0.166 e. The van der Waals surface area contributed by atoms with E-state index in [4.69, 9.17) is 4.74 Å². The van der Waals surface area contributed by atoms with Crippen LogP contribution in [0.2, 0.25) is 0 Å². The Morgan fingerprint density at radius 1 is 1.80 bits per heavy atom. The van der Waals surface area contributed by atoms with Crippen LogP contribution in [-0.4, -0.2) is 16.8 Å². The molecule has 1 heterocycles. The van der Waals surface area contributed by atoms with Crippen molar-refractivity contribution in [2.24, 2.45) is 0 Å². The van der Waals surface area contributed by atoms with Gasteiger partial charge in [0.1, 0.15) is 0 Å². The third-order valence-corrected chi connectivity index (χ3v) is 1.18. The first-order valence-corrected chi connectivity index (χ1v) is 3.47.